The molecule has 0 aliphatic heterocycles. The second kappa shape index (κ2) is 6.37. The van der Waals surface area contributed by atoms with Crippen LogP contribution in [0.1, 0.15) is 28.9 Å². The van der Waals surface area contributed by atoms with E-state index >= 15 is 0 Å². The summed E-state index contributed by atoms with van der Waals surface area (Å²) in [6, 6.07) is 12.6. The predicted octanol–water partition coefficient (Wildman–Crippen LogP) is 3.74. The molecule has 0 aliphatic carbocycles. The molecule has 2 rings (SSSR count). The fourth-order valence-electron chi connectivity index (χ4n) is 1.93. The van der Waals surface area contributed by atoms with Gasteiger partial charge in [-0.3, -0.25) is 14.9 Å². The fraction of sp³-hybridized carbons (Fsp3) is 0.133. The highest BCUT2D eigenvalue weighted by Crippen LogP contribution is 2.20. The Morgan fingerprint density at radius 3 is 2.43 bits per heavy atom. The topological polar surface area (TPSA) is 72.2 Å². The van der Waals surface area contributed by atoms with Gasteiger partial charge in [0.15, 0.2) is 0 Å². The van der Waals surface area contributed by atoms with Crippen molar-refractivity contribution in [2.24, 2.45) is 0 Å². The number of carbonyl (C=O) groups excluding carboxylic acids is 1. The van der Waals surface area contributed by atoms with Crippen molar-refractivity contribution in [1.29, 1.82) is 0 Å². The lowest BCUT2D eigenvalue weighted by Gasteiger charge is -2.14. The van der Waals surface area contributed by atoms with E-state index in [-0.39, 0.29) is 17.3 Å². The van der Waals surface area contributed by atoms with Crippen LogP contribution in [0.25, 0.3) is 0 Å². The Labute approximate surface area is 126 Å². The summed E-state index contributed by atoms with van der Waals surface area (Å²) in [5.41, 5.74) is 0.702. The molecule has 5 nitrogen and oxygen atoms in total. The summed E-state index contributed by atoms with van der Waals surface area (Å²) in [7, 11) is 0. The largest absolute Gasteiger partial charge is 0.345 e. The number of amides is 1. The lowest BCUT2D eigenvalue weighted by Crippen LogP contribution is -2.27. The second-order valence-electron chi connectivity index (χ2n) is 4.52. The number of nitro benzene ring substituents is 1. The number of carbonyl (C=O) groups is 1. The number of hydrogen-bond donors (Lipinski definition) is 1. The van der Waals surface area contributed by atoms with Crippen LogP contribution in [0.4, 0.5) is 5.69 Å². The number of nitro groups is 1. The van der Waals surface area contributed by atoms with Crippen molar-refractivity contribution < 1.29 is 9.72 Å². The third kappa shape index (κ3) is 3.58. The van der Waals surface area contributed by atoms with Gasteiger partial charge >= 0.3 is 0 Å². The molecule has 0 saturated heterocycles. The molecule has 0 saturated carbocycles. The molecular formula is C15H13ClN2O3. The maximum absolute atomic E-state index is 12.2. The summed E-state index contributed by atoms with van der Waals surface area (Å²) in [6.45, 7) is 1.80. The molecule has 1 N–H and O–H groups in total. The molecule has 0 fully saturated rings. The standard InChI is InChI=1S/C15H13ClN2O3/c1-10(11-6-8-12(16)9-7-11)17-15(19)13-4-2-3-5-14(13)18(20)21/h2-10H,1H3,(H,17,19)/t10-/m1/s1. The van der Waals surface area contributed by atoms with Gasteiger partial charge in [0.25, 0.3) is 11.6 Å². The van der Waals surface area contributed by atoms with E-state index in [1.165, 1.54) is 18.2 Å². The quantitative estimate of drug-likeness (QED) is 0.691. The third-order valence-electron chi connectivity index (χ3n) is 3.06. The number of benzene rings is 2. The fourth-order valence-corrected chi connectivity index (χ4v) is 2.06. The molecule has 0 bridgehead atoms. The molecule has 0 aliphatic rings. The van der Waals surface area contributed by atoms with E-state index in [0.717, 1.165) is 5.56 Å². The van der Waals surface area contributed by atoms with E-state index in [2.05, 4.69) is 5.32 Å². The van der Waals surface area contributed by atoms with Crippen molar-refractivity contribution in [3.63, 3.8) is 0 Å². The molecule has 0 aromatic heterocycles. The van der Waals surface area contributed by atoms with Crippen molar-refractivity contribution in [3.8, 4) is 0 Å². The van der Waals surface area contributed by atoms with Crippen LogP contribution in [-0.2, 0) is 0 Å². The minimum Gasteiger partial charge on any atom is -0.345 e. The second-order valence-corrected chi connectivity index (χ2v) is 4.96. The lowest BCUT2D eigenvalue weighted by atomic mass is 10.1. The van der Waals surface area contributed by atoms with Crippen LogP contribution in [0.15, 0.2) is 48.5 Å². The SMILES string of the molecule is C[C@@H](NC(=O)c1ccccc1[N+](=O)[O-])c1ccc(Cl)cc1. The summed E-state index contributed by atoms with van der Waals surface area (Å²) < 4.78 is 0. The van der Waals surface area contributed by atoms with E-state index in [9.17, 15) is 14.9 Å². The zero-order chi connectivity index (χ0) is 15.4. The van der Waals surface area contributed by atoms with Crippen LogP contribution in [-0.4, -0.2) is 10.8 Å². The van der Waals surface area contributed by atoms with Gasteiger partial charge in [-0.15, -0.1) is 0 Å². The number of rotatable bonds is 4. The van der Waals surface area contributed by atoms with Gasteiger partial charge in [-0.2, -0.15) is 0 Å². The molecule has 21 heavy (non-hydrogen) atoms. The number of nitrogens with one attached hydrogen (secondary N) is 1. The first kappa shape index (κ1) is 15.0. The van der Waals surface area contributed by atoms with Crippen LogP contribution >= 0.6 is 11.6 Å². The Morgan fingerprint density at radius 2 is 1.81 bits per heavy atom. The molecule has 6 heteroatoms. The summed E-state index contributed by atoms with van der Waals surface area (Å²) in [5, 5.41) is 14.3. The van der Waals surface area contributed by atoms with Gasteiger partial charge in [0.1, 0.15) is 5.56 Å². The molecule has 1 atom stereocenters. The number of nitrogens with zero attached hydrogens (tertiary/aromatic N) is 1. The summed E-state index contributed by atoms with van der Waals surface area (Å²) >= 11 is 5.81. The summed E-state index contributed by atoms with van der Waals surface area (Å²) in [6.07, 6.45) is 0. The van der Waals surface area contributed by atoms with Gasteiger partial charge in [-0.25, -0.2) is 0 Å². The normalized spacial score (nSPS) is 11.7. The summed E-state index contributed by atoms with van der Waals surface area (Å²) in [4.78, 5) is 22.5. The Kier molecular flexibility index (Phi) is 4.55. The highest BCUT2D eigenvalue weighted by molar-refractivity contribution is 6.30. The molecule has 0 radical (unpaired) electrons. The maximum Gasteiger partial charge on any atom is 0.282 e. The molecular weight excluding hydrogens is 292 g/mol. The van der Waals surface area contributed by atoms with Gasteiger partial charge in [0.05, 0.1) is 11.0 Å². The lowest BCUT2D eigenvalue weighted by molar-refractivity contribution is -0.385. The first-order valence-electron chi connectivity index (χ1n) is 6.29. The smallest absolute Gasteiger partial charge is 0.282 e. The predicted molar refractivity (Wildman–Crippen MR) is 80.4 cm³/mol. The van der Waals surface area contributed by atoms with E-state index in [0.29, 0.717) is 5.02 Å². The Hall–Kier alpha value is -2.40. The number of para-hydroxylation sites is 1. The van der Waals surface area contributed by atoms with Crippen LogP contribution in [0.3, 0.4) is 0 Å². The van der Waals surface area contributed by atoms with Gasteiger partial charge in [0.2, 0.25) is 0 Å². The maximum atomic E-state index is 12.2. The summed E-state index contributed by atoms with van der Waals surface area (Å²) in [5.74, 6) is -0.482. The Morgan fingerprint density at radius 1 is 1.19 bits per heavy atom. The molecule has 1 amide bonds. The minimum atomic E-state index is -0.568. The first-order chi connectivity index (χ1) is 9.99. The third-order valence-corrected chi connectivity index (χ3v) is 3.31. The number of halogens is 1. The first-order valence-corrected chi connectivity index (χ1v) is 6.66. The average molecular weight is 305 g/mol. The van der Waals surface area contributed by atoms with Crippen molar-refractivity contribution in [2.45, 2.75) is 13.0 Å². The van der Waals surface area contributed by atoms with Gasteiger partial charge in [-0.05, 0) is 30.7 Å². The molecule has 0 unspecified atom stereocenters. The van der Waals surface area contributed by atoms with Crippen molar-refractivity contribution in [1.82, 2.24) is 5.32 Å². The minimum absolute atomic E-state index is 0.0447. The molecule has 2 aromatic rings. The Balaban J connectivity index is 2.18. The average Bonchev–Trinajstić information content (AvgIpc) is 2.47. The van der Waals surface area contributed by atoms with E-state index in [1.54, 1.807) is 37.3 Å². The highest BCUT2D eigenvalue weighted by atomic mass is 35.5. The van der Waals surface area contributed by atoms with Crippen molar-refractivity contribution in [3.05, 3.63) is 74.8 Å². The van der Waals surface area contributed by atoms with E-state index in [1.807, 2.05) is 0 Å². The van der Waals surface area contributed by atoms with Crippen molar-refractivity contribution in [2.75, 3.05) is 0 Å². The molecule has 2 aromatic carbocycles. The van der Waals surface area contributed by atoms with Crippen LogP contribution < -0.4 is 5.32 Å². The van der Waals surface area contributed by atoms with Crippen LogP contribution in [0, 0.1) is 10.1 Å². The van der Waals surface area contributed by atoms with E-state index < -0.39 is 10.8 Å². The monoisotopic (exact) mass is 304 g/mol. The van der Waals surface area contributed by atoms with Crippen LogP contribution in [0.2, 0.25) is 5.02 Å². The van der Waals surface area contributed by atoms with Gasteiger partial charge in [0, 0.05) is 11.1 Å². The molecule has 0 spiro atoms. The molecule has 0 heterocycles. The van der Waals surface area contributed by atoms with Gasteiger partial charge in [-0.1, -0.05) is 35.9 Å². The van der Waals surface area contributed by atoms with E-state index in [4.69, 9.17) is 11.6 Å². The number of hydrogen-bond acceptors (Lipinski definition) is 3. The zero-order valence-electron chi connectivity index (χ0n) is 11.2. The Bertz CT molecular complexity index is 671. The van der Waals surface area contributed by atoms with Crippen LogP contribution in [0.5, 0.6) is 0 Å². The van der Waals surface area contributed by atoms with Crippen molar-refractivity contribution >= 4 is 23.2 Å². The molecule has 108 valence electrons. The highest BCUT2D eigenvalue weighted by Gasteiger charge is 2.20. The zero-order valence-corrected chi connectivity index (χ0v) is 12.0. The van der Waals surface area contributed by atoms with Gasteiger partial charge < -0.3 is 5.32 Å².